The van der Waals surface area contributed by atoms with Gasteiger partial charge in [0.05, 0.1) is 10.6 Å². The highest BCUT2D eigenvalue weighted by atomic mass is 32.2. The van der Waals surface area contributed by atoms with Crippen LogP contribution >= 0.6 is 0 Å². The van der Waals surface area contributed by atoms with Crippen molar-refractivity contribution in [2.45, 2.75) is 11.8 Å². The minimum atomic E-state index is -3.68. The third-order valence-corrected chi connectivity index (χ3v) is 6.88. The molecule has 0 aliphatic carbocycles. The summed E-state index contributed by atoms with van der Waals surface area (Å²) in [7, 11) is -2.19. The summed E-state index contributed by atoms with van der Waals surface area (Å²) < 4.78 is 43.4. The van der Waals surface area contributed by atoms with E-state index in [0.717, 1.165) is 5.56 Å². The largest absolute Gasteiger partial charge is 0.486 e. The fourth-order valence-electron chi connectivity index (χ4n) is 3.23. The molecule has 4 rings (SSSR count). The fourth-order valence-corrected chi connectivity index (χ4v) is 4.42. The fraction of sp³-hybridized carbons (Fsp3) is 0.208. The lowest BCUT2D eigenvalue weighted by atomic mass is 10.2. The van der Waals surface area contributed by atoms with Gasteiger partial charge in [0.15, 0.2) is 18.1 Å². The third-order valence-electron chi connectivity index (χ3n) is 5.08. The van der Waals surface area contributed by atoms with E-state index in [1.54, 1.807) is 66.7 Å². The first-order chi connectivity index (χ1) is 15.8. The van der Waals surface area contributed by atoms with Gasteiger partial charge >= 0.3 is 0 Å². The lowest BCUT2D eigenvalue weighted by Crippen LogP contribution is -2.26. The van der Waals surface area contributed by atoms with E-state index >= 15 is 0 Å². The number of sulfonamides is 1. The third kappa shape index (κ3) is 5.20. The Morgan fingerprint density at radius 2 is 1.64 bits per heavy atom. The van der Waals surface area contributed by atoms with Crippen LogP contribution < -0.4 is 23.8 Å². The number of carbonyl (C=O) groups is 1. The van der Waals surface area contributed by atoms with Crippen molar-refractivity contribution in [1.82, 2.24) is 0 Å². The number of benzene rings is 3. The predicted octanol–water partition coefficient (Wildman–Crippen LogP) is 3.61. The molecule has 1 aliphatic heterocycles. The van der Waals surface area contributed by atoms with Crippen molar-refractivity contribution in [2.24, 2.45) is 0 Å². The number of anilines is 2. The number of hydrogen-bond acceptors (Lipinski definition) is 6. The summed E-state index contributed by atoms with van der Waals surface area (Å²) in [6, 6.07) is 18.3. The second kappa shape index (κ2) is 9.41. The van der Waals surface area contributed by atoms with Crippen molar-refractivity contribution in [1.29, 1.82) is 0 Å². The van der Waals surface area contributed by atoms with Gasteiger partial charge in [-0.25, -0.2) is 8.42 Å². The Hall–Kier alpha value is -3.72. The van der Waals surface area contributed by atoms with Gasteiger partial charge in [0, 0.05) is 18.8 Å². The second-order valence-corrected chi connectivity index (χ2v) is 9.44. The van der Waals surface area contributed by atoms with E-state index in [4.69, 9.17) is 14.2 Å². The molecule has 0 saturated heterocycles. The highest BCUT2D eigenvalue weighted by molar-refractivity contribution is 7.92. The molecule has 0 saturated carbocycles. The molecule has 1 amide bonds. The van der Waals surface area contributed by atoms with Crippen LogP contribution in [0, 0.1) is 6.92 Å². The Labute approximate surface area is 192 Å². The maximum Gasteiger partial charge on any atom is 0.264 e. The predicted molar refractivity (Wildman–Crippen MR) is 125 cm³/mol. The van der Waals surface area contributed by atoms with Gasteiger partial charge < -0.3 is 19.5 Å². The van der Waals surface area contributed by atoms with Crippen LogP contribution in [0.25, 0.3) is 0 Å². The van der Waals surface area contributed by atoms with Crippen molar-refractivity contribution in [3.8, 4) is 17.2 Å². The van der Waals surface area contributed by atoms with Gasteiger partial charge in [-0.2, -0.15) is 0 Å². The molecular weight excluding hydrogens is 444 g/mol. The summed E-state index contributed by atoms with van der Waals surface area (Å²) in [4.78, 5) is 12.5. The van der Waals surface area contributed by atoms with Gasteiger partial charge in [-0.05, 0) is 55.5 Å². The minimum Gasteiger partial charge on any atom is -0.486 e. The lowest BCUT2D eigenvalue weighted by Gasteiger charge is -2.20. The number of amides is 1. The molecule has 0 atom stereocenters. The normalized spacial score (nSPS) is 12.7. The molecule has 0 bridgehead atoms. The van der Waals surface area contributed by atoms with Gasteiger partial charge in [-0.15, -0.1) is 0 Å². The molecule has 0 fully saturated rings. The zero-order valence-corrected chi connectivity index (χ0v) is 19.1. The molecule has 8 nitrogen and oxygen atoms in total. The molecule has 9 heteroatoms. The van der Waals surface area contributed by atoms with E-state index in [1.807, 2.05) is 6.92 Å². The average Bonchev–Trinajstić information content (AvgIpc) is 2.83. The number of ether oxygens (including phenoxy) is 3. The average molecular weight is 469 g/mol. The van der Waals surface area contributed by atoms with Gasteiger partial charge in [0.1, 0.15) is 19.0 Å². The van der Waals surface area contributed by atoms with Crippen LogP contribution in [0.1, 0.15) is 5.56 Å². The molecule has 0 radical (unpaired) electrons. The molecule has 1 N–H and O–H groups in total. The number of nitrogens with zero attached hydrogens (tertiary/aromatic N) is 1. The van der Waals surface area contributed by atoms with Crippen molar-refractivity contribution in [2.75, 3.05) is 36.5 Å². The standard InChI is InChI=1S/C24H24N2O6S/c1-17-3-10-21(11-4-17)33(28,29)26(2)19-6-8-20(9-7-19)32-16-24(27)25-18-5-12-22-23(15-18)31-14-13-30-22/h3-12,15H,13-14,16H2,1-2H3,(H,25,27). The quantitative estimate of drug-likeness (QED) is 0.569. The van der Waals surface area contributed by atoms with Crippen LogP contribution in [0.5, 0.6) is 17.2 Å². The minimum absolute atomic E-state index is 0.203. The van der Waals surface area contributed by atoms with E-state index in [2.05, 4.69) is 5.32 Å². The molecule has 0 spiro atoms. The topological polar surface area (TPSA) is 94.2 Å². The van der Waals surface area contributed by atoms with Crippen molar-refractivity contribution in [3.05, 3.63) is 72.3 Å². The van der Waals surface area contributed by atoms with E-state index in [1.165, 1.54) is 11.4 Å². The first-order valence-corrected chi connectivity index (χ1v) is 11.7. The Kier molecular flexibility index (Phi) is 6.41. The molecule has 0 unspecified atom stereocenters. The first-order valence-electron chi connectivity index (χ1n) is 10.3. The van der Waals surface area contributed by atoms with Crippen LogP contribution in [0.3, 0.4) is 0 Å². The first kappa shape index (κ1) is 22.5. The van der Waals surface area contributed by atoms with E-state index < -0.39 is 10.0 Å². The Morgan fingerprint density at radius 3 is 2.33 bits per heavy atom. The second-order valence-electron chi connectivity index (χ2n) is 7.47. The van der Waals surface area contributed by atoms with E-state index in [0.29, 0.717) is 41.8 Å². The Balaban J connectivity index is 1.34. The van der Waals surface area contributed by atoms with Crippen LogP contribution in [-0.4, -0.2) is 41.2 Å². The highest BCUT2D eigenvalue weighted by Crippen LogP contribution is 2.32. The van der Waals surface area contributed by atoms with E-state index in [-0.39, 0.29) is 17.4 Å². The summed E-state index contributed by atoms with van der Waals surface area (Å²) in [6.07, 6.45) is 0. The van der Waals surface area contributed by atoms with Crippen LogP contribution in [0.2, 0.25) is 0 Å². The van der Waals surface area contributed by atoms with Gasteiger partial charge in [-0.1, -0.05) is 17.7 Å². The summed E-state index contributed by atoms with van der Waals surface area (Å²) in [5.41, 5.74) is 2.03. The maximum atomic E-state index is 12.8. The molecule has 1 heterocycles. The van der Waals surface area contributed by atoms with Crippen molar-refractivity contribution < 1.29 is 27.4 Å². The number of nitrogens with one attached hydrogen (secondary N) is 1. The summed E-state index contributed by atoms with van der Waals surface area (Å²) in [5, 5.41) is 2.75. The monoisotopic (exact) mass is 468 g/mol. The molecule has 3 aromatic rings. The molecule has 1 aliphatic rings. The lowest BCUT2D eigenvalue weighted by molar-refractivity contribution is -0.118. The number of hydrogen-bond donors (Lipinski definition) is 1. The molecule has 33 heavy (non-hydrogen) atoms. The summed E-state index contributed by atoms with van der Waals surface area (Å²) in [5.74, 6) is 1.33. The number of rotatable bonds is 7. The Morgan fingerprint density at radius 1 is 0.970 bits per heavy atom. The maximum absolute atomic E-state index is 12.8. The Bertz CT molecular complexity index is 1240. The molecular formula is C24H24N2O6S. The number of aryl methyl sites for hydroxylation is 1. The zero-order valence-electron chi connectivity index (χ0n) is 18.3. The summed E-state index contributed by atoms with van der Waals surface area (Å²) >= 11 is 0. The summed E-state index contributed by atoms with van der Waals surface area (Å²) in [6.45, 7) is 2.66. The SMILES string of the molecule is Cc1ccc(S(=O)(=O)N(C)c2ccc(OCC(=O)Nc3ccc4c(c3)OCCO4)cc2)cc1. The van der Waals surface area contributed by atoms with Crippen molar-refractivity contribution >= 4 is 27.3 Å². The van der Waals surface area contributed by atoms with E-state index in [9.17, 15) is 13.2 Å². The van der Waals surface area contributed by atoms with Crippen LogP contribution in [0.4, 0.5) is 11.4 Å². The number of carbonyl (C=O) groups excluding carboxylic acids is 1. The van der Waals surface area contributed by atoms with Crippen LogP contribution in [0.15, 0.2) is 71.6 Å². The van der Waals surface area contributed by atoms with Crippen molar-refractivity contribution in [3.63, 3.8) is 0 Å². The van der Waals surface area contributed by atoms with Crippen LogP contribution in [-0.2, 0) is 14.8 Å². The van der Waals surface area contributed by atoms with Gasteiger partial charge in [0.2, 0.25) is 0 Å². The zero-order chi connectivity index (χ0) is 23.4. The van der Waals surface area contributed by atoms with Gasteiger partial charge in [-0.3, -0.25) is 9.10 Å². The van der Waals surface area contributed by atoms with Gasteiger partial charge in [0.25, 0.3) is 15.9 Å². The highest BCUT2D eigenvalue weighted by Gasteiger charge is 2.21. The molecule has 0 aromatic heterocycles. The molecule has 3 aromatic carbocycles. The molecule has 172 valence electrons. The smallest absolute Gasteiger partial charge is 0.264 e. The number of fused-ring (bicyclic) bond motifs is 1.